The molecule has 0 fully saturated rings. The molecule has 27 heavy (non-hydrogen) atoms. The van der Waals surface area contributed by atoms with E-state index in [1.165, 1.54) is 23.6 Å². The van der Waals surface area contributed by atoms with Gasteiger partial charge in [-0.1, -0.05) is 0 Å². The Balaban J connectivity index is 1.67. The van der Waals surface area contributed by atoms with Gasteiger partial charge in [-0.2, -0.15) is 0 Å². The molecule has 2 aromatic carbocycles. The quantitative estimate of drug-likeness (QED) is 0.739. The molecule has 1 aromatic heterocycles. The summed E-state index contributed by atoms with van der Waals surface area (Å²) in [5.41, 5.74) is 2.76. The van der Waals surface area contributed by atoms with Gasteiger partial charge in [-0.15, -0.1) is 0 Å². The summed E-state index contributed by atoms with van der Waals surface area (Å²) in [5.74, 6) is -0.583. The van der Waals surface area contributed by atoms with Crippen LogP contribution < -0.4 is 15.4 Å². The van der Waals surface area contributed by atoms with Crippen LogP contribution in [0.3, 0.4) is 0 Å². The van der Waals surface area contributed by atoms with Crippen LogP contribution in [0, 0.1) is 0 Å². The molecule has 3 aromatic rings. The highest BCUT2D eigenvalue weighted by Gasteiger charge is 2.25. The van der Waals surface area contributed by atoms with E-state index < -0.39 is 15.8 Å². The maximum Gasteiger partial charge on any atom is 0.419 e. The van der Waals surface area contributed by atoms with Gasteiger partial charge >= 0.3 is 5.76 Å². The smallest absolute Gasteiger partial charge is 0.408 e. The Bertz CT molecular complexity index is 1240. The summed E-state index contributed by atoms with van der Waals surface area (Å²) in [6, 6.07) is 9.35. The molecule has 4 rings (SSSR count). The molecule has 1 aliphatic rings. The van der Waals surface area contributed by atoms with Crippen LogP contribution in [0.2, 0.25) is 0 Å². The molecular formula is C18H17N3O5S. The van der Waals surface area contributed by atoms with Crippen LogP contribution in [0.5, 0.6) is 0 Å². The van der Waals surface area contributed by atoms with E-state index in [2.05, 4.69) is 4.72 Å². The normalized spacial score (nSPS) is 13.8. The average Bonchev–Trinajstić information content (AvgIpc) is 3.16. The first kappa shape index (κ1) is 17.3. The summed E-state index contributed by atoms with van der Waals surface area (Å²) < 4.78 is 34.4. The van der Waals surface area contributed by atoms with Gasteiger partial charge in [0.1, 0.15) is 0 Å². The zero-order valence-electron chi connectivity index (χ0n) is 14.7. The van der Waals surface area contributed by atoms with Gasteiger partial charge in [0.2, 0.25) is 5.91 Å². The third-order valence-corrected chi connectivity index (χ3v) is 6.06. The Morgan fingerprint density at radius 2 is 1.96 bits per heavy atom. The summed E-state index contributed by atoms with van der Waals surface area (Å²) in [5, 5.41) is 0. The number of benzene rings is 2. The van der Waals surface area contributed by atoms with Crippen LogP contribution >= 0.6 is 0 Å². The highest BCUT2D eigenvalue weighted by atomic mass is 32.2. The molecule has 1 amide bonds. The van der Waals surface area contributed by atoms with E-state index in [0.717, 1.165) is 11.3 Å². The first-order valence-electron chi connectivity index (χ1n) is 8.30. The van der Waals surface area contributed by atoms with Gasteiger partial charge in [0.15, 0.2) is 5.58 Å². The second kappa shape index (κ2) is 5.98. The summed E-state index contributed by atoms with van der Waals surface area (Å²) in [6.07, 6.45) is 0.612. The Labute approximate surface area is 155 Å². The topological polar surface area (TPSA) is 102 Å². The number of sulfonamides is 1. The number of nitrogens with zero attached hydrogens (tertiary/aromatic N) is 2. The fourth-order valence-corrected chi connectivity index (χ4v) is 4.38. The van der Waals surface area contributed by atoms with Gasteiger partial charge in [0.05, 0.1) is 16.1 Å². The van der Waals surface area contributed by atoms with Gasteiger partial charge in [-0.25, -0.2) is 13.2 Å². The monoisotopic (exact) mass is 387 g/mol. The van der Waals surface area contributed by atoms with Crippen LogP contribution in [0.15, 0.2) is 50.5 Å². The Morgan fingerprint density at radius 3 is 2.70 bits per heavy atom. The first-order valence-corrected chi connectivity index (χ1v) is 9.78. The van der Waals surface area contributed by atoms with Crippen molar-refractivity contribution in [2.75, 3.05) is 16.2 Å². The van der Waals surface area contributed by atoms with E-state index in [-0.39, 0.29) is 10.8 Å². The summed E-state index contributed by atoms with van der Waals surface area (Å²) >= 11 is 0. The third-order valence-electron chi connectivity index (χ3n) is 4.68. The number of carbonyl (C=O) groups is 1. The third kappa shape index (κ3) is 2.89. The van der Waals surface area contributed by atoms with Crippen molar-refractivity contribution in [1.82, 2.24) is 4.57 Å². The summed E-state index contributed by atoms with van der Waals surface area (Å²) in [4.78, 5) is 25.0. The van der Waals surface area contributed by atoms with Crippen LogP contribution in [-0.2, 0) is 28.3 Å². The standard InChI is InChI=1S/C18H17N3O5S/c1-11(22)21-8-7-12-9-14(4-5-15(12)21)27(24,25)19-13-3-6-17-16(10-13)20(2)18(23)26-17/h3-6,9-10,19H,7-8H2,1-2H3. The maximum atomic E-state index is 12.8. The number of carbonyl (C=O) groups excluding carboxylic acids is 1. The Morgan fingerprint density at radius 1 is 1.19 bits per heavy atom. The lowest BCUT2D eigenvalue weighted by molar-refractivity contribution is -0.116. The average molecular weight is 387 g/mol. The van der Waals surface area contributed by atoms with Crippen LogP contribution in [0.1, 0.15) is 12.5 Å². The number of aryl methyl sites for hydroxylation is 1. The molecule has 8 nitrogen and oxygen atoms in total. The minimum atomic E-state index is -3.82. The number of hydrogen-bond acceptors (Lipinski definition) is 5. The molecule has 0 bridgehead atoms. The van der Waals surface area contributed by atoms with Crippen LogP contribution in [-0.4, -0.2) is 25.4 Å². The Hall–Kier alpha value is -3.07. The lowest BCUT2D eigenvalue weighted by atomic mass is 10.2. The van der Waals surface area contributed by atoms with Gasteiger partial charge in [-0.3, -0.25) is 14.1 Å². The first-order chi connectivity index (χ1) is 12.8. The van der Waals surface area contributed by atoms with Crippen molar-refractivity contribution >= 4 is 38.4 Å². The SMILES string of the molecule is CC(=O)N1CCc2cc(S(=O)(=O)Nc3ccc4oc(=O)n(C)c4c3)ccc21. The predicted octanol–water partition coefficient (Wildman–Crippen LogP) is 1.84. The molecule has 0 radical (unpaired) electrons. The van der Waals surface area contributed by atoms with E-state index in [0.29, 0.717) is 29.8 Å². The van der Waals surface area contributed by atoms with Crippen molar-refractivity contribution < 1.29 is 17.6 Å². The number of rotatable bonds is 3. The molecule has 0 saturated carbocycles. The highest BCUT2D eigenvalue weighted by molar-refractivity contribution is 7.92. The number of oxazole rings is 1. The van der Waals surface area contributed by atoms with E-state index in [4.69, 9.17) is 4.42 Å². The summed E-state index contributed by atoms with van der Waals surface area (Å²) in [7, 11) is -2.27. The number of fused-ring (bicyclic) bond motifs is 2. The molecule has 1 N–H and O–H groups in total. The minimum absolute atomic E-state index is 0.0680. The molecule has 9 heteroatoms. The zero-order chi connectivity index (χ0) is 19.3. The minimum Gasteiger partial charge on any atom is -0.408 e. The van der Waals surface area contributed by atoms with E-state index >= 15 is 0 Å². The molecule has 0 atom stereocenters. The number of amides is 1. The number of hydrogen-bond donors (Lipinski definition) is 1. The van der Waals surface area contributed by atoms with Gasteiger partial charge in [-0.05, 0) is 48.4 Å². The van der Waals surface area contributed by atoms with Crippen molar-refractivity contribution in [2.45, 2.75) is 18.2 Å². The molecule has 2 heterocycles. The van der Waals surface area contributed by atoms with Gasteiger partial charge in [0, 0.05) is 26.2 Å². The Kier molecular flexibility index (Phi) is 3.84. The second-order valence-electron chi connectivity index (χ2n) is 6.43. The number of aromatic nitrogens is 1. The van der Waals surface area contributed by atoms with Gasteiger partial charge < -0.3 is 9.32 Å². The molecule has 0 saturated heterocycles. The van der Waals surface area contributed by atoms with Crippen LogP contribution in [0.4, 0.5) is 11.4 Å². The number of anilines is 2. The zero-order valence-corrected chi connectivity index (χ0v) is 15.5. The van der Waals surface area contributed by atoms with E-state index in [1.807, 2.05) is 0 Å². The van der Waals surface area contributed by atoms with E-state index in [9.17, 15) is 18.0 Å². The van der Waals surface area contributed by atoms with Crippen molar-refractivity contribution in [3.8, 4) is 0 Å². The molecule has 140 valence electrons. The fourth-order valence-electron chi connectivity index (χ4n) is 3.28. The van der Waals surface area contributed by atoms with Crippen molar-refractivity contribution in [3.05, 3.63) is 52.5 Å². The van der Waals surface area contributed by atoms with Crippen LogP contribution in [0.25, 0.3) is 11.1 Å². The maximum absolute atomic E-state index is 12.8. The molecule has 1 aliphatic heterocycles. The molecule has 0 unspecified atom stereocenters. The second-order valence-corrected chi connectivity index (χ2v) is 8.11. The van der Waals surface area contributed by atoms with Crippen molar-refractivity contribution in [2.24, 2.45) is 7.05 Å². The van der Waals surface area contributed by atoms with Crippen molar-refractivity contribution in [3.63, 3.8) is 0 Å². The van der Waals surface area contributed by atoms with Crippen molar-refractivity contribution in [1.29, 1.82) is 0 Å². The van der Waals surface area contributed by atoms with Gasteiger partial charge in [0.25, 0.3) is 10.0 Å². The summed E-state index contributed by atoms with van der Waals surface area (Å²) in [6.45, 7) is 2.04. The fraction of sp³-hybridized carbons (Fsp3) is 0.222. The lowest BCUT2D eigenvalue weighted by Gasteiger charge is -2.15. The van der Waals surface area contributed by atoms with E-state index in [1.54, 1.807) is 36.2 Å². The molecule has 0 spiro atoms. The lowest BCUT2D eigenvalue weighted by Crippen LogP contribution is -2.25. The molecule has 0 aliphatic carbocycles. The number of nitrogens with one attached hydrogen (secondary N) is 1. The largest absolute Gasteiger partial charge is 0.419 e. The highest BCUT2D eigenvalue weighted by Crippen LogP contribution is 2.31. The molecular weight excluding hydrogens is 370 g/mol. The predicted molar refractivity (Wildman–Crippen MR) is 100 cm³/mol.